The number of halogens is 1. The number of hydrogen-bond donors (Lipinski definition) is 2. The van der Waals surface area contributed by atoms with Crippen molar-refractivity contribution in [3.8, 4) is 0 Å². The van der Waals surface area contributed by atoms with E-state index in [0.717, 1.165) is 39.0 Å². The van der Waals surface area contributed by atoms with E-state index in [1.165, 1.54) is 12.8 Å². The molecule has 7 heteroatoms. The van der Waals surface area contributed by atoms with E-state index in [2.05, 4.69) is 20.4 Å². The molecule has 2 fully saturated rings. The van der Waals surface area contributed by atoms with E-state index >= 15 is 0 Å². The van der Waals surface area contributed by atoms with Gasteiger partial charge < -0.3 is 10.6 Å². The van der Waals surface area contributed by atoms with Crippen molar-refractivity contribution >= 4 is 29.1 Å². The number of carbonyl (C=O) groups is 2. The molecule has 3 rings (SSSR count). The molecule has 1 aliphatic heterocycles. The first-order chi connectivity index (χ1) is 13.0. The van der Waals surface area contributed by atoms with E-state index in [0.29, 0.717) is 23.3 Å². The third kappa shape index (κ3) is 5.67. The fourth-order valence-electron chi connectivity index (χ4n) is 3.82. The fourth-order valence-corrected chi connectivity index (χ4v) is 4.00. The van der Waals surface area contributed by atoms with Crippen molar-refractivity contribution < 1.29 is 9.59 Å². The molecule has 1 aromatic rings. The summed E-state index contributed by atoms with van der Waals surface area (Å²) in [5, 5.41) is 6.58. The number of nitrogens with one attached hydrogen (secondary N) is 2. The van der Waals surface area contributed by atoms with E-state index < -0.39 is 0 Å². The Morgan fingerprint density at radius 3 is 2.48 bits per heavy atom. The topological polar surface area (TPSA) is 64.7 Å². The summed E-state index contributed by atoms with van der Waals surface area (Å²) in [6, 6.07) is 7.47. The summed E-state index contributed by atoms with van der Waals surface area (Å²) >= 11 is 6.08. The normalized spacial score (nSPS) is 20.4. The van der Waals surface area contributed by atoms with Crippen molar-refractivity contribution in [2.75, 3.05) is 38.0 Å². The molecule has 1 atom stereocenters. The Balaban J connectivity index is 1.41. The quantitative estimate of drug-likeness (QED) is 0.780. The molecule has 27 heavy (non-hydrogen) atoms. The lowest BCUT2D eigenvalue weighted by Gasteiger charge is -2.37. The third-order valence-electron chi connectivity index (χ3n) is 5.55. The summed E-state index contributed by atoms with van der Waals surface area (Å²) < 4.78 is 0. The monoisotopic (exact) mass is 392 g/mol. The van der Waals surface area contributed by atoms with E-state index in [1.54, 1.807) is 12.1 Å². The average Bonchev–Trinajstić information content (AvgIpc) is 3.16. The molecule has 0 bridgehead atoms. The predicted octanol–water partition coefficient (Wildman–Crippen LogP) is 2.34. The van der Waals surface area contributed by atoms with Crippen molar-refractivity contribution in [3.63, 3.8) is 0 Å². The summed E-state index contributed by atoms with van der Waals surface area (Å²) in [5.74, 6) is 0.0652. The van der Waals surface area contributed by atoms with Crippen molar-refractivity contribution in [1.82, 2.24) is 15.1 Å². The summed E-state index contributed by atoms with van der Waals surface area (Å²) in [4.78, 5) is 29.0. The summed E-state index contributed by atoms with van der Waals surface area (Å²) in [6.45, 7) is 5.44. The van der Waals surface area contributed by atoms with Crippen molar-refractivity contribution in [2.45, 2.75) is 44.7 Å². The largest absolute Gasteiger partial charge is 0.352 e. The molecule has 1 saturated heterocycles. The van der Waals surface area contributed by atoms with Gasteiger partial charge in [-0.05, 0) is 31.9 Å². The van der Waals surface area contributed by atoms with Crippen molar-refractivity contribution in [2.24, 2.45) is 0 Å². The van der Waals surface area contributed by atoms with Crippen LogP contribution >= 0.6 is 11.6 Å². The van der Waals surface area contributed by atoms with Gasteiger partial charge in [-0.1, -0.05) is 36.6 Å². The molecule has 1 aromatic carbocycles. The van der Waals surface area contributed by atoms with Gasteiger partial charge in [-0.25, -0.2) is 0 Å². The van der Waals surface area contributed by atoms with Gasteiger partial charge in [-0.2, -0.15) is 0 Å². The Morgan fingerprint density at radius 1 is 1.15 bits per heavy atom. The van der Waals surface area contributed by atoms with Crippen LogP contribution in [0.4, 0.5) is 5.69 Å². The molecule has 0 aromatic heterocycles. The van der Waals surface area contributed by atoms with E-state index in [-0.39, 0.29) is 17.9 Å². The molecule has 2 aliphatic rings. The van der Waals surface area contributed by atoms with Crippen molar-refractivity contribution in [3.05, 3.63) is 29.3 Å². The number of para-hydroxylation sites is 1. The van der Waals surface area contributed by atoms with Gasteiger partial charge in [0.25, 0.3) is 0 Å². The number of hydrogen-bond acceptors (Lipinski definition) is 4. The molecule has 1 aliphatic carbocycles. The standard InChI is InChI=1S/C20H29ClN4O2/c1-15(20(27)22-16-6-2-3-7-16)25-12-10-24(11-13-25)14-19(26)23-18-9-5-4-8-17(18)21/h4-5,8-9,15-16H,2-3,6-7,10-14H2,1H3,(H,22,27)(H,23,26)/t15-/m1/s1. The first-order valence-corrected chi connectivity index (χ1v) is 10.2. The lowest BCUT2D eigenvalue weighted by atomic mass is 10.2. The average molecular weight is 393 g/mol. The van der Waals surface area contributed by atoms with Crippen LogP contribution in [-0.4, -0.2) is 66.4 Å². The minimum absolute atomic E-state index is 0.0661. The maximum atomic E-state index is 12.4. The molecule has 6 nitrogen and oxygen atoms in total. The van der Waals surface area contributed by atoms with Crippen LogP contribution in [0.15, 0.2) is 24.3 Å². The highest BCUT2D eigenvalue weighted by atomic mass is 35.5. The van der Waals surface area contributed by atoms with Gasteiger partial charge in [0.15, 0.2) is 0 Å². The van der Waals surface area contributed by atoms with Gasteiger partial charge in [0.2, 0.25) is 11.8 Å². The Hall–Kier alpha value is -1.63. The minimum Gasteiger partial charge on any atom is -0.352 e. The number of anilines is 1. The fraction of sp³-hybridized carbons (Fsp3) is 0.600. The molecular formula is C20H29ClN4O2. The Labute approximate surface area is 166 Å². The van der Waals surface area contributed by atoms with Gasteiger partial charge in [-0.15, -0.1) is 0 Å². The highest BCUT2D eigenvalue weighted by Crippen LogP contribution is 2.20. The first kappa shape index (κ1) is 20.1. The van der Waals surface area contributed by atoms with Crippen LogP contribution in [0.5, 0.6) is 0 Å². The first-order valence-electron chi connectivity index (χ1n) is 9.84. The second-order valence-electron chi connectivity index (χ2n) is 7.51. The second kappa shape index (κ2) is 9.53. The van der Waals surface area contributed by atoms with E-state index in [1.807, 2.05) is 19.1 Å². The molecule has 2 amide bonds. The summed E-state index contributed by atoms with van der Waals surface area (Å²) in [7, 11) is 0. The SMILES string of the molecule is C[C@H](C(=O)NC1CCCC1)N1CCN(CC(=O)Nc2ccccc2Cl)CC1. The van der Waals surface area contributed by atoms with Gasteiger partial charge >= 0.3 is 0 Å². The highest BCUT2D eigenvalue weighted by Gasteiger charge is 2.28. The number of nitrogens with zero attached hydrogens (tertiary/aromatic N) is 2. The smallest absolute Gasteiger partial charge is 0.238 e. The molecule has 0 unspecified atom stereocenters. The lowest BCUT2D eigenvalue weighted by Crippen LogP contribution is -2.55. The maximum absolute atomic E-state index is 12.4. The van der Waals surface area contributed by atoms with Gasteiger partial charge in [0, 0.05) is 32.2 Å². The van der Waals surface area contributed by atoms with Crippen LogP contribution in [0.2, 0.25) is 5.02 Å². The number of rotatable bonds is 6. The summed E-state index contributed by atoms with van der Waals surface area (Å²) in [5.41, 5.74) is 0.639. The van der Waals surface area contributed by atoms with Crippen LogP contribution in [0.1, 0.15) is 32.6 Å². The number of piperazine rings is 1. The van der Waals surface area contributed by atoms with Crippen LogP contribution in [0.3, 0.4) is 0 Å². The molecule has 1 heterocycles. The molecule has 1 saturated carbocycles. The van der Waals surface area contributed by atoms with E-state index in [9.17, 15) is 9.59 Å². The van der Waals surface area contributed by atoms with Crippen molar-refractivity contribution in [1.29, 1.82) is 0 Å². The zero-order chi connectivity index (χ0) is 19.2. The molecule has 148 valence electrons. The Kier molecular flexibility index (Phi) is 7.10. The molecule has 0 spiro atoms. The lowest BCUT2D eigenvalue weighted by molar-refractivity contribution is -0.127. The molecular weight excluding hydrogens is 364 g/mol. The van der Waals surface area contributed by atoms with Gasteiger partial charge in [0.1, 0.15) is 0 Å². The highest BCUT2D eigenvalue weighted by molar-refractivity contribution is 6.33. The van der Waals surface area contributed by atoms with Crippen LogP contribution in [0.25, 0.3) is 0 Å². The number of carbonyl (C=O) groups excluding carboxylic acids is 2. The van der Waals surface area contributed by atoms with Crippen LogP contribution in [-0.2, 0) is 9.59 Å². The Bertz CT molecular complexity index is 655. The summed E-state index contributed by atoms with van der Waals surface area (Å²) in [6.07, 6.45) is 4.64. The second-order valence-corrected chi connectivity index (χ2v) is 7.91. The zero-order valence-corrected chi connectivity index (χ0v) is 16.7. The Morgan fingerprint density at radius 2 is 1.81 bits per heavy atom. The van der Waals surface area contributed by atoms with Gasteiger partial charge in [0.05, 0.1) is 23.3 Å². The maximum Gasteiger partial charge on any atom is 0.238 e. The van der Waals surface area contributed by atoms with Crippen LogP contribution < -0.4 is 10.6 Å². The number of amides is 2. The zero-order valence-electron chi connectivity index (χ0n) is 15.9. The van der Waals surface area contributed by atoms with Gasteiger partial charge in [-0.3, -0.25) is 19.4 Å². The van der Waals surface area contributed by atoms with Crippen LogP contribution in [0, 0.1) is 0 Å². The number of benzene rings is 1. The predicted molar refractivity (Wildman–Crippen MR) is 108 cm³/mol. The molecule has 0 radical (unpaired) electrons. The molecule has 2 N–H and O–H groups in total. The minimum atomic E-state index is -0.121. The van der Waals surface area contributed by atoms with E-state index in [4.69, 9.17) is 11.6 Å². The third-order valence-corrected chi connectivity index (χ3v) is 5.88.